The largest absolute Gasteiger partial charge is 0.391 e. The number of aliphatic hydroxyl groups excluding tert-OH is 2. The van der Waals surface area contributed by atoms with Crippen LogP contribution in [-0.4, -0.2) is 46.3 Å². The van der Waals surface area contributed by atoms with E-state index in [4.69, 9.17) is 0 Å². The lowest BCUT2D eigenvalue weighted by Gasteiger charge is -2.17. The Labute approximate surface area is 131 Å². The van der Waals surface area contributed by atoms with Crippen LogP contribution in [0.3, 0.4) is 0 Å². The fraction of sp³-hybridized carbons (Fsp3) is 0.875. The normalized spacial score (nSPS) is 31.2. The maximum atomic E-state index is 11.8. The molecule has 2 aliphatic rings. The first-order valence-corrected chi connectivity index (χ1v) is 8.51. The van der Waals surface area contributed by atoms with Gasteiger partial charge in [-0.05, 0) is 51.4 Å². The van der Waals surface area contributed by atoms with Crippen molar-refractivity contribution in [1.29, 1.82) is 0 Å². The van der Waals surface area contributed by atoms with E-state index in [1.165, 1.54) is 0 Å². The van der Waals surface area contributed by atoms with E-state index in [0.717, 1.165) is 38.5 Å². The van der Waals surface area contributed by atoms with E-state index in [1.54, 1.807) is 0 Å². The average molecular weight is 312 g/mol. The fourth-order valence-electron chi connectivity index (χ4n) is 3.35. The van der Waals surface area contributed by atoms with Crippen molar-refractivity contribution in [2.45, 2.75) is 88.5 Å². The van der Waals surface area contributed by atoms with Crippen LogP contribution in [0, 0.1) is 0 Å². The van der Waals surface area contributed by atoms with Crippen LogP contribution in [0.1, 0.15) is 64.2 Å². The van der Waals surface area contributed by atoms with Crippen LogP contribution in [0.15, 0.2) is 0 Å². The molecule has 0 radical (unpaired) electrons. The minimum atomic E-state index is -0.410. The lowest BCUT2D eigenvalue weighted by Crippen LogP contribution is -2.40. The third kappa shape index (κ3) is 5.25. The second kappa shape index (κ2) is 8.48. The molecule has 0 bridgehead atoms. The number of hydrogen-bond donors (Lipinski definition) is 4. The summed E-state index contributed by atoms with van der Waals surface area (Å²) in [7, 11) is 0. The van der Waals surface area contributed by atoms with Gasteiger partial charge in [0.05, 0.1) is 24.3 Å². The summed E-state index contributed by atoms with van der Waals surface area (Å²) in [6.07, 6.45) is 6.42. The standard InChI is InChI=1S/C16H28N2O4/c19-13-7-3-5-11(13)17-15(21)9-1-2-10-16(22)18-12-6-4-8-14(12)20/h11-14,19-20H,1-10H2,(H,17,21)(H,18,22)/t11-,12-,13+,14+/m1/s1. The van der Waals surface area contributed by atoms with Crippen LogP contribution in [0.5, 0.6) is 0 Å². The Morgan fingerprint density at radius 1 is 0.773 bits per heavy atom. The van der Waals surface area contributed by atoms with Gasteiger partial charge in [0.2, 0.25) is 11.8 Å². The van der Waals surface area contributed by atoms with E-state index in [1.807, 2.05) is 0 Å². The first-order chi connectivity index (χ1) is 10.6. The second-order valence-electron chi connectivity index (χ2n) is 6.55. The van der Waals surface area contributed by atoms with Crippen molar-refractivity contribution in [1.82, 2.24) is 10.6 Å². The lowest BCUT2D eigenvalue weighted by molar-refractivity contribution is -0.124. The van der Waals surface area contributed by atoms with Crippen molar-refractivity contribution >= 4 is 11.8 Å². The summed E-state index contributed by atoms with van der Waals surface area (Å²) >= 11 is 0. The van der Waals surface area contributed by atoms with Gasteiger partial charge in [-0.3, -0.25) is 9.59 Å². The van der Waals surface area contributed by atoms with Crippen LogP contribution in [0.4, 0.5) is 0 Å². The molecule has 4 N–H and O–H groups in total. The van der Waals surface area contributed by atoms with Crippen LogP contribution in [-0.2, 0) is 9.59 Å². The van der Waals surface area contributed by atoms with Gasteiger partial charge in [-0.25, -0.2) is 0 Å². The summed E-state index contributed by atoms with van der Waals surface area (Å²) in [5.74, 6) is -0.0878. The average Bonchev–Trinajstić information content (AvgIpc) is 3.05. The van der Waals surface area contributed by atoms with Crippen molar-refractivity contribution in [2.24, 2.45) is 0 Å². The summed E-state index contributed by atoms with van der Waals surface area (Å²) in [6.45, 7) is 0. The predicted molar refractivity (Wildman–Crippen MR) is 82.0 cm³/mol. The van der Waals surface area contributed by atoms with Crippen molar-refractivity contribution in [3.63, 3.8) is 0 Å². The summed E-state index contributed by atoms with van der Waals surface area (Å²) in [5, 5.41) is 25.0. The molecule has 0 saturated heterocycles. The third-order valence-corrected chi connectivity index (χ3v) is 4.71. The highest BCUT2D eigenvalue weighted by Gasteiger charge is 2.27. The molecule has 0 aliphatic heterocycles. The first kappa shape index (κ1) is 17.2. The lowest BCUT2D eigenvalue weighted by atomic mass is 10.1. The van der Waals surface area contributed by atoms with Crippen LogP contribution in [0.2, 0.25) is 0 Å². The molecule has 4 atom stereocenters. The molecular weight excluding hydrogens is 284 g/mol. The molecule has 0 aromatic carbocycles. The molecule has 22 heavy (non-hydrogen) atoms. The van der Waals surface area contributed by atoms with Gasteiger partial charge in [-0.1, -0.05) is 0 Å². The molecule has 0 unspecified atom stereocenters. The number of unbranched alkanes of at least 4 members (excludes halogenated alkanes) is 1. The van der Waals surface area contributed by atoms with E-state index >= 15 is 0 Å². The van der Waals surface area contributed by atoms with Gasteiger partial charge in [-0.15, -0.1) is 0 Å². The Kier molecular flexibility index (Phi) is 6.64. The molecular formula is C16H28N2O4. The molecule has 2 fully saturated rings. The van der Waals surface area contributed by atoms with Gasteiger partial charge in [0.25, 0.3) is 0 Å². The zero-order valence-electron chi connectivity index (χ0n) is 13.1. The SMILES string of the molecule is O=C(CCCCC(=O)N[C@@H]1CCC[C@@H]1O)N[C@@H]1CCC[C@@H]1O. The summed E-state index contributed by atoms with van der Waals surface area (Å²) in [6, 6.07) is -0.195. The number of carbonyl (C=O) groups is 2. The van der Waals surface area contributed by atoms with Crippen molar-refractivity contribution < 1.29 is 19.8 Å². The number of nitrogens with one attached hydrogen (secondary N) is 2. The van der Waals surface area contributed by atoms with Gasteiger partial charge < -0.3 is 20.8 Å². The summed E-state index contributed by atoms with van der Waals surface area (Å²) in [4.78, 5) is 23.5. The second-order valence-corrected chi connectivity index (χ2v) is 6.55. The van der Waals surface area contributed by atoms with E-state index in [-0.39, 0.29) is 23.9 Å². The Morgan fingerprint density at radius 2 is 1.18 bits per heavy atom. The monoisotopic (exact) mass is 312 g/mol. The molecule has 126 valence electrons. The highest BCUT2D eigenvalue weighted by atomic mass is 16.3. The van der Waals surface area contributed by atoms with E-state index < -0.39 is 12.2 Å². The quantitative estimate of drug-likeness (QED) is 0.518. The zero-order valence-corrected chi connectivity index (χ0v) is 13.1. The van der Waals surface area contributed by atoms with Crippen LogP contribution < -0.4 is 10.6 Å². The Morgan fingerprint density at radius 3 is 1.50 bits per heavy atom. The van der Waals surface area contributed by atoms with E-state index in [9.17, 15) is 19.8 Å². The Bertz CT molecular complexity index is 352. The highest BCUT2D eigenvalue weighted by Crippen LogP contribution is 2.20. The number of hydrogen-bond acceptors (Lipinski definition) is 4. The molecule has 2 amide bonds. The Hall–Kier alpha value is -1.14. The van der Waals surface area contributed by atoms with Gasteiger partial charge >= 0.3 is 0 Å². The number of amides is 2. The molecule has 0 aromatic rings. The molecule has 0 spiro atoms. The topological polar surface area (TPSA) is 98.7 Å². The zero-order chi connectivity index (χ0) is 15.9. The van der Waals surface area contributed by atoms with Crippen LogP contribution >= 0.6 is 0 Å². The first-order valence-electron chi connectivity index (χ1n) is 8.51. The fourth-order valence-corrected chi connectivity index (χ4v) is 3.35. The van der Waals surface area contributed by atoms with Crippen LogP contribution in [0.25, 0.3) is 0 Å². The molecule has 0 heterocycles. The predicted octanol–water partition coefficient (Wildman–Crippen LogP) is 0.606. The maximum Gasteiger partial charge on any atom is 0.220 e. The van der Waals surface area contributed by atoms with Gasteiger partial charge in [0, 0.05) is 12.8 Å². The van der Waals surface area contributed by atoms with E-state index in [0.29, 0.717) is 25.7 Å². The number of aliphatic hydroxyl groups is 2. The van der Waals surface area contributed by atoms with Gasteiger partial charge in [0.1, 0.15) is 0 Å². The minimum Gasteiger partial charge on any atom is -0.391 e. The molecule has 2 saturated carbocycles. The minimum absolute atomic E-state index is 0.0439. The van der Waals surface area contributed by atoms with Crippen molar-refractivity contribution in [3.8, 4) is 0 Å². The molecule has 6 nitrogen and oxygen atoms in total. The maximum absolute atomic E-state index is 11.8. The highest BCUT2D eigenvalue weighted by molar-refractivity contribution is 5.77. The van der Waals surface area contributed by atoms with E-state index in [2.05, 4.69) is 10.6 Å². The van der Waals surface area contributed by atoms with Gasteiger partial charge in [0.15, 0.2) is 0 Å². The Balaban J connectivity index is 1.52. The molecule has 0 aromatic heterocycles. The summed E-state index contributed by atoms with van der Waals surface area (Å²) in [5.41, 5.74) is 0. The van der Waals surface area contributed by atoms with Crippen molar-refractivity contribution in [2.75, 3.05) is 0 Å². The number of carbonyl (C=O) groups excluding carboxylic acids is 2. The summed E-state index contributed by atoms with van der Waals surface area (Å²) < 4.78 is 0. The smallest absolute Gasteiger partial charge is 0.220 e. The van der Waals surface area contributed by atoms with Gasteiger partial charge in [-0.2, -0.15) is 0 Å². The molecule has 6 heteroatoms. The number of rotatable bonds is 7. The molecule has 2 rings (SSSR count). The van der Waals surface area contributed by atoms with Crippen molar-refractivity contribution in [3.05, 3.63) is 0 Å². The molecule has 2 aliphatic carbocycles. The third-order valence-electron chi connectivity index (χ3n) is 4.71.